The Morgan fingerprint density at radius 3 is 2.85 bits per heavy atom. The molecule has 0 atom stereocenters. The third-order valence-corrected chi connectivity index (χ3v) is 4.24. The van der Waals surface area contributed by atoms with Crippen molar-refractivity contribution in [2.45, 2.75) is 6.61 Å². The molecule has 68 valence electrons. The van der Waals surface area contributed by atoms with Gasteiger partial charge in [0.25, 0.3) is 0 Å². The number of hydrogen-bond acceptors (Lipinski definition) is 3. The average molecular weight is 306 g/mol. The van der Waals surface area contributed by atoms with Gasteiger partial charge >= 0.3 is 0 Å². The summed E-state index contributed by atoms with van der Waals surface area (Å²) in [4.78, 5) is 0. The molecule has 13 heavy (non-hydrogen) atoms. The molecule has 1 aromatic carbocycles. The summed E-state index contributed by atoms with van der Waals surface area (Å²) >= 11 is 3.73. The Balaban J connectivity index is 2.87. The molecule has 0 unspecified atom stereocenters. The summed E-state index contributed by atoms with van der Waals surface area (Å²) in [6, 6.07) is 3.38. The van der Waals surface area contributed by atoms with Gasteiger partial charge in [0.05, 0.1) is 6.61 Å². The predicted molar refractivity (Wildman–Crippen MR) is 62.1 cm³/mol. The molecule has 2 aromatic rings. The Kier molecular flexibility index (Phi) is 2.44. The first-order valence-corrected chi connectivity index (χ1v) is 5.68. The van der Waals surface area contributed by atoms with Crippen LogP contribution in [0.4, 0.5) is 0 Å². The van der Waals surface area contributed by atoms with Gasteiger partial charge in [-0.2, -0.15) is 0 Å². The minimum atomic E-state index is 0.0212. The van der Waals surface area contributed by atoms with Crippen LogP contribution in [0.2, 0.25) is 0 Å². The third-order valence-electron chi connectivity index (χ3n) is 1.91. The highest BCUT2D eigenvalue weighted by Gasteiger charge is 2.09. The van der Waals surface area contributed by atoms with Gasteiger partial charge in [-0.3, -0.25) is 0 Å². The number of thiophene rings is 1. The first kappa shape index (κ1) is 9.23. The van der Waals surface area contributed by atoms with Crippen LogP contribution >= 0.6 is 33.9 Å². The van der Waals surface area contributed by atoms with Crippen LogP contribution in [0.5, 0.6) is 5.75 Å². The van der Waals surface area contributed by atoms with Crippen LogP contribution in [0.25, 0.3) is 10.1 Å². The van der Waals surface area contributed by atoms with Crippen LogP contribution in [-0.4, -0.2) is 10.2 Å². The number of fused-ring (bicyclic) bond motifs is 1. The first-order chi connectivity index (χ1) is 6.24. The number of aliphatic hydroxyl groups is 1. The fourth-order valence-corrected chi connectivity index (χ4v) is 3.34. The monoisotopic (exact) mass is 306 g/mol. The van der Waals surface area contributed by atoms with Gasteiger partial charge in [0, 0.05) is 19.0 Å². The highest BCUT2D eigenvalue weighted by atomic mass is 127. The number of benzene rings is 1. The Morgan fingerprint density at radius 1 is 1.38 bits per heavy atom. The number of hydrogen-bond donors (Lipinski definition) is 2. The van der Waals surface area contributed by atoms with E-state index in [9.17, 15) is 5.11 Å². The van der Waals surface area contributed by atoms with Crippen molar-refractivity contribution in [2.24, 2.45) is 0 Å². The van der Waals surface area contributed by atoms with Gasteiger partial charge in [-0.1, -0.05) is 6.07 Å². The lowest BCUT2D eigenvalue weighted by molar-refractivity contribution is 0.283. The van der Waals surface area contributed by atoms with E-state index in [1.165, 1.54) is 0 Å². The lowest BCUT2D eigenvalue weighted by Crippen LogP contribution is -1.82. The zero-order valence-electron chi connectivity index (χ0n) is 6.62. The molecule has 0 radical (unpaired) electrons. The van der Waals surface area contributed by atoms with Gasteiger partial charge in [-0.15, -0.1) is 11.3 Å². The molecule has 0 fully saturated rings. The molecule has 2 N–H and O–H groups in total. The largest absolute Gasteiger partial charge is 0.507 e. The fraction of sp³-hybridized carbons (Fsp3) is 0.111. The van der Waals surface area contributed by atoms with E-state index in [2.05, 4.69) is 22.6 Å². The van der Waals surface area contributed by atoms with Gasteiger partial charge in [0.1, 0.15) is 5.75 Å². The summed E-state index contributed by atoms with van der Waals surface area (Å²) < 4.78 is 2.01. The molecular weight excluding hydrogens is 299 g/mol. The van der Waals surface area contributed by atoms with E-state index >= 15 is 0 Å². The lowest BCUT2D eigenvalue weighted by Gasteiger charge is -2.00. The lowest BCUT2D eigenvalue weighted by atomic mass is 10.1. The van der Waals surface area contributed by atoms with E-state index in [0.717, 1.165) is 19.2 Å². The quantitative estimate of drug-likeness (QED) is 0.795. The van der Waals surface area contributed by atoms with Crippen molar-refractivity contribution >= 4 is 44.0 Å². The maximum Gasteiger partial charge on any atom is 0.125 e. The SMILES string of the molecule is OCc1ccc(O)c2c(I)csc12. The second-order valence-corrected chi connectivity index (χ2v) is 4.73. The number of aromatic hydroxyl groups is 1. The topological polar surface area (TPSA) is 40.5 Å². The van der Waals surface area contributed by atoms with Gasteiger partial charge < -0.3 is 10.2 Å². The summed E-state index contributed by atoms with van der Waals surface area (Å²) in [5.41, 5.74) is 0.876. The Labute approximate surface area is 93.0 Å². The Morgan fingerprint density at radius 2 is 2.15 bits per heavy atom. The maximum atomic E-state index is 9.58. The van der Waals surface area contributed by atoms with Crippen molar-refractivity contribution in [1.29, 1.82) is 0 Å². The molecular formula is C9H7IO2S. The van der Waals surface area contributed by atoms with Crippen LogP contribution in [0.3, 0.4) is 0 Å². The molecule has 0 saturated carbocycles. The summed E-state index contributed by atoms with van der Waals surface area (Å²) in [5, 5.41) is 21.5. The Hall–Kier alpha value is -0.330. The zero-order valence-corrected chi connectivity index (χ0v) is 9.59. The van der Waals surface area contributed by atoms with Gasteiger partial charge in [-0.25, -0.2) is 0 Å². The molecule has 0 amide bonds. The van der Waals surface area contributed by atoms with Gasteiger partial charge in [0.2, 0.25) is 0 Å². The van der Waals surface area contributed by atoms with E-state index in [-0.39, 0.29) is 12.4 Å². The molecule has 0 bridgehead atoms. The van der Waals surface area contributed by atoms with Crippen LogP contribution in [0.15, 0.2) is 17.5 Å². The first-order valence-electron chi connectivity index (χ1n) is 3.72. The summed E-state index contributed by atoms with van der Waals surface area (Å²) in [6.45, 7) is 0.0212. The van der Waals surface area contributed by atoms with E-state index in [1.807, 2.05) is 5.38 Å². The second-order valence-electron chi connectivity index (χ2n) is 2.69. The molecule has 0 aliphatic rings. The number of halogens is 1. The molecule has 1 aromatic heterocycles. The number of rotatable bonds is 1. The third kappa shape index (κ3) is 1.43. The fourth-order valence-electron chi connectivity index (χ4n) is 1.27. The Bertz CT molecular complexity index is 450. The van der Waals surface area contributed by atoms with Gasteiger partial charge in [-0.05, 0) is 34.2 Å². The second kappa shape index (κ2) is 3.43. The maximum absolute atomic E-state index is 9.58. The van der Waals surface area contributed by atoms with Crippen LogP contribution in [-0.2, 0) is 6.61 Å². The van der Waals surface area contributed by atoms with Crippen molar-refractivity contribution in [3.63, 3.8) is 0 Å². The molecule has 0 spiro atoms. The molecule has 0 saturated heterocycles. The van der Waals surface area contributed by atoms with E-state index in [0.29, 0.717) is 0 Å². The normalized spacial score (nSPS) is 10.9. The number of aliphatic hydroxyl groups excluding tert-OH is 1. The van der Waals surface area contributed by atoms with Gasteiger partial charge in [0.15, 0.2) is 0 Å². The molecule has 2 nitrogen and oxygen atoms in total. The van der Waals surface area contributed by atoms with E-state index < -0.39 is 0 Å². The molecule has 0 aliphatic carbocycles. The summed E-state index contributed by atoms with van der Waals surface area (Å²) in [5.74, 6) is 0.290. The highest BCUT2D eigenvalue weighted by Crippen LogP contribution is 2.36. The van der Waals surface area contributed by atoms with Crippen LogP contribution in [0.1, 0.15) is 5.56 Å². The van der Waals surface area contributed by atoms with Crippen molar-refractivity contribution in [1.82, 2.24) is 0 Å². The van der Waals surface area contributed by atoms with Crippen molar-refractivity contribution < 1.29 is 10.2 Å². The smallest absolute Gasteiger partial charge is 0.125 e. The minimum absolute atomic E-state index is 0.0212. The summed E-state index contributed by atoms with van der Waals surface area (Å²) in [6.07, 6.45) is 0. The van der Waals surface area contributed by atoms with E-state index in [1.54, 1.807) is 23.5 Å². The standard InChI is InChI=1S/C9H7IO2S/c10-6-4-13-9-5(3-11)1-2-7(12)8(6)9/h1-2,4,11-12H,3H2. The van der Waals surface area contributed by atoms with Crippen molar-refractivity contribution in [3.8, 4) is 5.75 Å². The minimum Gasteiger partial charge on any atom is -0.507 e. The highest BCUT2D eigenvalue weighted by molar-refractivity contribution is 14.1. The summed E-state index contributed by atoms with van der Waals surface area (Å²) in [7, 11) is 0. The van der Waals surface area contributed by atoms with E-state index in [4.69, 9.17) is 5.11 Å². The number of phenolic OH excluding ortho intramolecular Hbond substituents is 1. The molecule has 2 rings (SSSR count). The van der Waals surface area contributed by atoms with Crippen LogP contribution < -0.4 is 0 Å². The van der Waals surface area contributed by atoms with Crippen LogP contribution in [0, 0.1) is 3.57 Å². The number of phenols is 1. The molecule has 0 aliphatic heterocycles. The average Bonchev–Trinajstić information content (AvgIpc) is 2.50. The molecule has 4 heteroatoms. The van der Waals surface area contributed by atoms with Crippen molar-refractivity contribution in [2.75, 3.05) is 0 Å². The zero-order chi connectivity index (χ0) is 9.42. The molecule has 1 heterocycles. The predicted octanol–water partition coefficient (Wildman–Crippen LogP) is 2.70. The van der Waals surface area contributed by atoms with Crippen molar-refractivity contribution in [3.05, 3.63) is 26.6 Å².